The van der Waals surface area contributed by atoms with Crippen molar-refractivity contribution >= 4 is 39.2 Å². The van der Waals surface area contributed by atoms with Crippen molar-refractivity contribution in [3.63, 3.8) is 0 Å². The molecule has 60 heavy (non-hydrogen) atoms. The lowest BCUT2D eigenvalue weighted by atomic mass is 9.91. The molecule has 0 fully saturated rings. The number of nitrogens with one attached hydrogen (secondary N) is 1. The summed E-state index contributed by atoms with van der Waals surface area (Å²) in [5, 5.41) is 33.6. The summed E-state index contributed by atoms with van der Waals surface area (Å²) < 4.78 is 35.1. The van der Waals surface area contributed by atoms with E-state index in [0.717, 1.165) is 23.3 Å². The molecule has 1 amide bonds. The van der Waals surface area contributed by atoms with E-state index in [-0.39, 0.29) is 25.7 Å². The van der Waals surface area contributed by atoms with Crippen molar-refractivity contribution in [3.8, 4) is 46.0 Å². The minimum atomic E-state index is -2.40. The average molecular weight is 898 g/mol. The predicted octanol–water partition coefficient (Wildman–Crippen LogP) is 12.8. The van der Waals surface area contributed by atoms with Crippen LogP contribution in [0, 0.1) is 0 Å². The van der Waals surface area contributed by atoms with Gasteiger partial charge in [-0.3, -0.25) is 4.79 Å². The van der Waals surface area contributed by atoms with Crippen LogP contribution in [0.25, 0.3) is 0 Å². The van der Waals surface area contributed by atoms with E-state index in [0.29, 0.717) is 35.2 Å². The molecule has 0 radical (unpaired) electrons. The lowest BCUT2D eigenvalue weighted by Gasteiger charge is -2.41. The second kappa shape index (κ2) is 16.3. The van der Waals surface area contributed by atoms with Crippen LogP contribution < -0.4 is 27.8 Å². The number of hydrogen-bond acceptors (Lipinski definition) is 9. The summed E-state index contributed by atoms with van der Waals surface area (Å²) in [4.78, 5) is 14.1. The summed E-state index contributed by atoms with van der Waals surface area (Å²) in [7, 11) is -9.40. The summed E-state index contributed by atoms with van der Waals surface area (Å²) in [5.74, 6) is 0.766. The van der Waals surface area contributed by atoms with Crippen LogP contribution in [-0.2, 0) is 6.42 Å². The van der Waals surface area contributed by atoms with Crippen molar-refractivity contribution in [3.05, 3.63) is 59.2 Å². The molecule has 1 aliphatic rings. The molecule has 0 unspecified atom stereocenters. The molecule has 334 valence electrons. The number of amides is 1. The monoisotopic (exact) mass is 897 g/mol. The molecular formula is C46H75NO9Si4. The number of rotatable bonds is 11. The van der Waals surface area contributed by atoms with Crippen LogP contribution in [0.2, 0.25) is 72.5 Å². The highest BCUT2D eigenvalue weighted by Crippen LogP contribution is 2.50. The highest BCUT2D eigenvalue weighted by molar-refractivity contribution is 6.76. The summed E-state index contributed by atoms with van der Waals surface area (Å²) in [6.45, 7) is 44.1. The van der Waals surface area contributed by atoms with Gasteiger partial charge in [0.25, 0.3) is 22.5 Å². The highest BCUT2D eigenvalue weighted by Gasteiger charge is 2.45. The first-order valence-corrected chi connectivity index (χ1v) is 32.8. The quantitative estimate of drug-likeness (QED) is 0.110. The van der Waals surface area contributed by atoms with Gasteiger partial charge in [0.1, 0.15) is 34.9 Å². The van der Waals surface area contributed by atoms with E-state index in [1.807, 2.05) is 30.3 Å². The Bertz CT molecular complexity index is 2050. The van der Waals surface area contributed by atoms with Crippen LogP contribution in [0.3, 0.4) is 0 Å². The number of fused-ring (bicyclic) bond motifs is 1. The van der Waals surface area contributed by atoms with Gasteiger partial charge in [0.05, 0.1) is 6.04 Å². The van der Waals surface area contributed by atoms with Gasteiger partial charge in [-0.2, -0.15) is 0 Å². The Hall–Kier alpha value is -3.60. The van der Waals surface area contributed by atoms with Gasteiger partial charge in [0, 0.05) is 29.7 Å². The minimum absolute atomic E-state index is 0.0247. The molecule has 1 heterocycles. The molecular weight excluding hydrogens is 823 g/mol. The summed E-state index contributed by atoms with van der Waals surface area (Å²) in [5.41, 5.74) is 1.54. The van der Waals surface area contributed by atoms with Crippen LogP contribution in [0.1, 0.15) is 111 Å². The van der Waals surface area contributed by atoms with Gasteiger partial charge in [-0.25, -0.2) is 0 Å². The van der Waals surface area contributed by atoms with Crippen LogP contribution in [0.5, 0.6) is 46.0 Å². The molecule has 0 bridgehead atoms. The number of ether oxygens (including phenoxy) is 1. The maximum absolute atomic E-state index is 14.1. The van der Waals surface area contributed by atoms with Crippen LogP contribution in [0.4, 0.5) is 0 Å². The third kappa shape index (κ3) is 10.5. The topological polar surface area (TPSA) is 136 Å². The Labute approximate surface area is 364 Å². The lowest BCUT2D eigenvalue weighted by Crippen LogP contribution is -2.47. The van der Waals surface area contributed by atoms with E-state index in [9.17, 15) is 20.1 Å². The normalized spacial score (nSPS) is 17.0. The molecule has 2 atom stereocenters. The number of phenols is 3. The fourth-order valence-corrected chi connectivity index (χ4v) is 9.70. The standard InChI is InChI=1S/C46H75NO9Si4/c1-43(2,3)57(13,14)53-31-26-37-32(38(27-31)55-59(17,18)45(7,8)9)28-33(47-42(51)30-23-34(48)40(50)35(49)24-30)41(52-37)29-21-22-36(54-58(15,16)44(4,5)6)39(25-29)56-60(19,20)46(10,11)12/h21-27,33,41,48-50H,28H2,1-20H3,(H,47,51)/t33-,41-/m1/s1. The second-order valence-electron chi connectivity index (χ2n) is 22.7. The first kappa shape index (κ1) is 49.1. The predicted molar refractivity (Wildman–Crippen MR) is 254 cm³/mol. The number of benzene rings is 3. The SMILES string of the molecule is CC(C)(C)[Si](C)(C)Oc1cc2c(c(O[Si](C)(C)C(C)(C)C)c1)C[C@@H](NC(=O)c1cc(O)c(O)c(O)c1)[C@@H](c1ccc(O[Si](C)(C)C(C)(C)C)c(O[Si](C)(C)C(C)(C)C)c1)O2. The maximum Gasteiger partial charge on any atom is 0.251 e. The number of aromatic hydroxyl groups is 3. The van der Waals surface area contributed by atoms with Gasteiger partial charge in [-0.05, 0) is 102 Å². The Morgan fingerprint density at radius 2 is 1.03 bits per heavy atom. The zero-order chi connectivity index (χ0) is 46.0. The molecule has 0 aromatic heterocycles. The smallest absolute Gasteiger partial charge is 0.251 e. The van der Waals surface area contributed by atoms with Crippen molar-refractivity contribution in [2.45, 2.75) is 174 Å². The number of phenolic OH excluding ortho intramolecular Hbond substituents is 3. The van der Waals surface area contributed by atoms with Crippen molar-refractivity contribution in [2.24, 2.45) is 0 Å². The Balaban J connectivity index is 1.99. The maximum atomic E-state index is 14.1. The summed E-state index contributed by atoms with van der Waals surface area (Å²) in [6.07, 6.45) is -0.402. The van der Waals surface area contributed by atoms with Crippen LogP contribution in [-0.4, -0.2) is 60.5 Å². The highest BCUT2D eigenvalue weighted by atomic mass is 28.4. The van der Waals surface area contributed by atoms with E-state index in [2.05, 4.69) is 141 Å². The van der Waals surface area contributed by atoms with Gasteiger partial charge in [-0.1, -0.05) is 89.2 Å². The van der Waals surface area contributed by atoms with Crippen molar-refractivity contribution < 1.29 is 42.6 Å². The Morgan fingerprint density at radius 3 is 1.50 bits per heavy atom. The molecule has 4 N–H and O–H groups in total. The summed E-state index contributed by atoms with van der Waals surface area (Å²) in [6, 6.07) is 11.5. The zero-order valence-corrected chi connectivity index (χ0v) is 44.2. The molecule has 10 nitrogen and oxygen atoms in total. The van der Waals surface area contributed by atoms with Gasteiger partial charge < -0.3 is 43.1 Å². The lowest BCUT2D eigenvalue weighted by molar-refractivity contribution is 0.0837. The Kier molecular flexibility index (Phi) is 13.3. The molecule has 4 rings (SSSR count). The molecule has 0 saturated heterocycles. The van der Waals surface area contributed by atoms with Gasteiger partial charge >= 0.3 is 0 Å². The van der Waals surface area contributed by atoms with E-state index in [4.69, 9.17) is 22.4 Å². The zero-order valence-electron chi connectivity index (χ0n) is 40.2. The minimum Gasteiger partial charge on any atom is -0.543 e. The van der Waals surface area contributed by atoms with E-state index >= 15 is 0 Å². The molecule has 3 aromatic carbocycles. The largest absolute Gasteiger partial charge is 0.543 e. The van der Waals surface area contributed by atoms with Crippen molar-refractivity contribution in [1.29, 1.82) is 0 Å². The fourth-order valence-electron chi connectivity index (χ4n) is 5.61. The molecule has 1 aliphatic heterocycles. The first-order chi connectivity index (χ1) is 26.9. The van der Waals surface area contributed by atoms with Crippen LogP contribution >= 0.6 is 0 Å². The van der Waals surface area contributed by atoms with E-state index < -0.39 is 68.6 Å². The molecule has 0 aliphatic carbocycles. The average Bonchev–Trinajstić information content (AvgIpc) is 3.05. The number of carbonyl (C=O) groups is 1. The van der Waals surface area contributed by atoms with Gasteiger partial charge in [0.15, 0.2) is 17.2 Å². The Morgan fingerprint density at radius 1 is 0.600 bits per heavy atom. The molecule has 0 saturated carbocycles. The van der Waals surface area contributed by atoms with Gasteiger partial charge in [0.2, 0.25) is 16.6 Å². The number of hydrogen-bond donors (Lipinski definition) is 4. The van der Waals surface area contributed by atoms with Crippen LogP contribution in [0.15, 0.2) is 42.5 Å². The number of carbonyl (C=O) groups excluding carboxylic acids is 1. The van der Waals surface area contributed by atoms with Crippen molar-refractivity contribution in [2.75, 3.05) is 0 Å². The second-order valence-corrected chi connectivity index (χ2v) is 41.6. The molecule has 0 spiro atoms. The molecule has 14 heteroatoms. The fraction of sp³-hybridized carbons (Fsp3) is 0.587. The van der Waals surface area contributed by atoms with E-state index in [1.54, 1.807) is 0 Å². The van der Waals surface area contributed by atoms with E-state index in [1.165, 1.54) is 0 Å². The molecule has 3 aromatic rings. The summed E-state index contributed by atoms with van der Waals surface area (Å²) >= 11 is 0. The third-order valence-electron chi connectivity index (χ3n) is 13.8. The first-order valence-electron chi connectivity index (χ1n) is 21.2. The third-order valence-corrected chi connectivity index (χ3v) is 31.2. The van der Waals surface area contributed by atoms with Crippen molar-refractivity contribution in [1.82, 2.24) is 5.32 Å². The van der Waals surface area contributed by atoms with Gasteiger partial charge in [-0.15, -0.1) is 0 Å².